The van der Waals surface area contributed by atoms with Crippen molar-refractivity contribution in [1.82, 2.24) is 9.80 Å². The van der Waals surface area contributed by atoms with Crippen LogP contribution in [0, 0.1) is 0 Å². The molecule has 4 rings (SSSR count). The molecule has 4 nitrogen and oxygen atoms in total. The molecule has 0 spiro atoms. The highest BCUT2D eigenvalue weighted by Crippen LogP contribution is 2.21. The molecule has 2 aliphatic heterocycles. The Morgan fingerprint density at radius 2 is 1.77 bits per heavy atom. The maximum atomic E-state index is 5.88. The van der Waals surface area contributed by atoms with Gasteiger partial charge in [-0.15, -0.1) is 0 Å². The van der Waals surface area contributed by atoms with E-state index in [1.54, 1.807) is 0 Å². The van der Waals surface area contributed by atoms with E-state index in [9.17, 15) is 0 Å². The molecular formula is C22H28N2O2. The summed E-state index contributed by atoms with van der Waals surface area (Å²) in [5, 5.41) is 0. The molecule has 2 aliphatic rings. The zero-order chi connectivity index (χ0) is 17.8. The second kappa shape index (κ2) is 8.21. The summed E-state index contributed by atoms with van der Waals surface area (Å²) in [6.45, 7) is 9.00. The second-order valence-electron chi connectivity index (χ2n) is 7.43. The molecule has 2 aromatic rings. The van der Waals surface area contributed by atoms with Crippen molar-refractivity contribution in [2.24, 2.45) is 0 Å². The first kappa shape index (κ1) is 17.5. The van der Waals surface area contributed by atoms with Crippen molar-refractivity contribution < 1.29 is 9.47 Å². The number of morpholine rings is 1. The molecule has 0 amide bonds. The topological polar surface area (TPSA) is 24.9 Å². The summed E-state index contributed by atoms with van der Waals surface area (Å²) in [5.41, 5.74) is 2.54. The number of benzene rings is 2. The van der Waals surface area contributed by atoms with E-state index >= 15 is 0 Å². The number of nitrogens with zero attached hydrogens (tertiary/aromatic N) is 2. The van der Waals surface area contributed by atoms with Crippen LogP contribution in [0.15, 0.2) is 54.6 Å². The first-order chi connectivity index (χ1) is 12.8. The molecule has 0 aromatic heterocycles. The Balaban J connectivity index is 1.29. The molecule has 2 atom stereocenters. The average Bonchev–Trinajstić information content (AvgIpc) is 2.68. The van der Waals surface area contributed by atoms with Crippen LogP contribution in [0.25, 0.3) is 0 Å². The summed E-state index contributed by atoms with van der Waals surface area (Å²) in [7, 11) is 0. The van der Waals surface area contributed by atoms with Gasteiger partial charge in [0.15, 0.2) is 0 Å². The Kier molecular flexibility index (Phi) is 5.54. The Bertz CT molecular complexity index is 689. The van der Waals surface area contributed by atoms with Crippen LogP contribution in [-0.4, -0.2) is 54.7 Å². The highest BCUT2D eigenvalue weighted by molar-refractivity contribution is 5.28. The molecule has 138 valence electrons. The van der Waals surface area contributed by atoms with Gasteiger partial charge in [-0.2, -0.15) is 0 Å². The monoisotopic (exact) mass is 352 g/mol. The van der Waals surface area contributed by atoms with E-state index in [-0.39, 0.29) is 0 Å². The van der Waals surface area contributed by atoms with Gasteiger partial charge in [-0.3, -0.25) is 9.80 Å². The van der Waals surface area contributed by atoms with Crippen molar-refractivity contribution in [2.75, 3.05) is 32.8 Å². The number of fused-ring (bicyclic) bond motifs is 1. The molecule has 2 heterocycles. The summed E-state index contributed by atoms with van der Waals surface area (Å²) < 4.78 is 11.6. The zero-order valence-corrected chi connectivity index (χ0v) is 15.5. The third-order valence-corrected chi connectivity index (χ3v) is 5.43. The fourth-order valence-electron chi connectivity index (χ4n) is 3.97. The van der Waals surface area contributed by atoms with Crippen LogP contribution in [0.4, 0.5) is 0 Å². The van der Waals surface area contributed by atoms with Crippen molar-refractivity contribution in [1.29, 1.82) is 0 Å². The first-order valence-corrected chi connectivity index (χ1v) is 9.59. The lowest BCUT2D eigenvalue weighted by atomic mass is 10.1. The van der Waals surface area contributed by atoms with Crippen LogP contribution >= 0.6 is 0 Å². The van der Waals surface area contributed by atoms with E-state index < -0.39 is 0 Å². The molecule has 0 bridgehead atoms. The molecule has 26 heavy (non-hydrogen) atoms. The number of piperazine rings is 1. The van der Waals surface area contributed by atoms with E-state index in [1.807, 2.05) is 18.2 Å². The van der Waals surface area contributed by atoms with E-state index in [1.165, 1.54) is 11.1 Å². The smallest absolute Gasteiger partial charge is 0.119 e. The van der Waals surface area contributed by atoms with Crippen molar-refractivity contribution in [2.45, 2.75) is 32.2 Å². The first-order valence-electron chi connectivity index (χ1n) is 9.59. The third-order valence-electron chi connectivity index (χ3n) is 5.43. The Labute approximate surface area is 156 Å². The van der Waals surface area contributed by atoms with Gasteiger partial charge >= 0.3 is 0 Å². The minimum atomic E-state index is 0.543. The van der Waals surface area contributed by atoms with Crippen molar-refractivity contribution in [3.8, 4) is 5.75 Å². The quantitative estimate of drug-likeness (QED) is 0.825. The molecule has 0 saturated carbocycles. The van der Waals surface area contributed by atoms with Gasteiger partial charge in [0.25, 0.3) is 0 Å². The molecule has 4 heteroatoms. The Morgan fingerprint density at radius 1 is 0.962 bits per heavy atom. The van der Waals surface area contributed by atoms with Gasteiger partial charge in [-0.1, -0.05) is 42.5 Å². The standard InChI is InChI=1S/C22H28N2O2/c1-18-15-25-17-21-14-23(11-12-24(18)21)13-19-7-9-22(10-8-19)26-16-20-5-3-2-4-6-20/h2-10,18,21H,11-17H2,1H3/t18-,21+/m0/s1. The highest BCUT2D eigenvalue weighted by atomic mass is 16.5. The molecule has 0 N–H and O–H groups in total. The van der Waals surface area contributed by atoms with Gasteiger partial charge in [0.05, 0.1) is 13.2 Å². The van der Waals surface area contributed by atoms with E-state index in [2.05, 4.69) is 53.1 Å². The van der Waals surface area contributed by atoms with Crippen molar-refractivity contribution in [3.63, 3.8) is 0 Å². The van der Waals surface area contributed by atoms with Gasteiger partial charge in [-0.25, -0.2) is 0 Å². The van der Waals surface area contributed by atoms with Crippen LogP contribution in [0.3, 0.4) is 0 Å². The number of ether oxygens (including phenoxy) is 2. The van der Waals surface area contributed by atoms with Gasteiger partial charge in [0.1, 0.15) is 12.4 Å². The van der Waals surface area contributed by atoms with Crippen LogP contribution in [0.5, 0.6) is 5.75 Å². The van der Waals surface area contributed by atoms with Crippen LogP contribution in [0.2, 0.25) is 0 Å². The highest BCUT2D eigenvalue weighted by Gasteiger charge is 2.33. The predicted molar refractivity (Wildman–Crippen MR) is 103 cm³/mol. The average molecular weight is 352 g/mol. The van der Waals surface area contributed by atoms with E-state index in [4.69, 9.17) is 9.47 Å². The molecular weight excluding hydrogens is 324 g/mol. The fourth-order valence-corrected chi connectivity index (χ4v) is 3.97. The molecule has 2 fully saturated rings. The fraction of sp³-hybridized carbons (Fsp3) is 0.455. The molecule has 2 aromatic carbocycles. The number of rotatable bonds is 5. The van der Waals surface area contributed by atoms with Crippen LogP contribution < -0.4 is 4.74 Å². The summed E-state index contributed by atoms with van der Waals surface area (Å²) in [6.07, 6.45) is 0. The van der Waals surface area contributed by atoms with Crippen molar-refractivity contribution >= 4 is 0 Å². The molecule has 2 saturated heterocycles. The van der Waals surface area contributed by atoms with E-state index in [0.717, 1.165) is 45.1 Å². The van der Waals surface area contributed by atoms with Gasteiger partial charge in [0, 0.05) is 38.3 Å². The normalized spacial score (nSPS) is 24.2. The zero-order valence-electron chi connectivity index (χ0n) is 15.5. The van der Waals surface area contributed by atoms with Crippen LogP contribution in [-0.2, 0) is 17.9 Å². The lowest BCUT2D eigenvalue weighted by Crippen LogP contribution is -2.60. The lowest BCUT2D eigenvalue weighted by Gasteiger charge is -2.47. The van der Waals surface area contributed by atoms with Gasteiger partial charge in [-0.05, 0) is 30.2 Å². The summed E-state index contributed by atoms with van der Waals surface area (Å²) in [5.74, 6) is 0.928. The Hall–Kier alpha value is -1.88. The molecule has 0 radical (unpaired) electrons. The Morgan fingerprint density at radius 3 is 2.58 bits per heavy atom. The summed E-state index contributed by atoms with van der Waals surface area (Å²) in [4.78, 5) is 5.16. The lowest BCUT2D eigenvalue weighted by molar-refractivity contribution is -0.0765. The maximum Gasteiger partial charge on any atom is 0.119 e. The predicted octanol–water partition coefficient (Wildman–Crippen LogP) is 3.17. The largest absolute Gasteiger partial charge is 0.489 e. The maximum absolute atomic E-state index is 5.88. The van der Waals surface area contributed by atoms with Crippen molar-refractivity contribution in [3.05, 3.63) is 65.7 Å². The third kappa shape index (κ3) is 4.26. The van der Waals surface area contributed by atoms with Gasteiger partial charge in [0.2, 0.25) is 0 Å². The van der Waals surface area contributed by atoms with Crippen LogP contribution in [0.1, 0.15) is 18.1 Å². The molecule has 0 aliphatic carbocycles. The minimum absolute atomic E-state index is 0.543. The summed E-state index contributed by atoms with van der Waals surface area (Å²) in [6, 6.07) is 19.9. The summed E-state index contributed by atoms with van der Waals surface area (Å²) >= 11 is 0. The second-order valence-corrected chi connectivity index (χ2v) is 7.43. The number of hydrogen-bond donors (Lipinski definition) is 0. The minimum Gasteiger partial charge on any atom is -0.489 e. The number of hydrogen-bond acceptors (Lipinski definition) is 4. The SMILES string of the molecule is C[C@H]1COC[C@H]2CN(Cc3ccc(OCc4ccccc4)cc3)CCN21. The van der Waals surface area contributed by atoms with Gasteiger partial charge < -0.3 is 9.47 Å². The van der Waals surface area contributed by atoms with E-state index in [0.29, 0.717) is 18.7 Å². The molecule has 0 unspecified atom stereocenters.